The molecule has 0 heterocycles. The third-order valence-corrected chi connectivity index (χ3v) is 4.17. The third kappa shape index (κ3) is 8.08. The molecule has 2 aromatic carbocycles. The fraction of sp³-hybridized carbons (Fsp3) is 0.350. The van der Waals surface area contributed by atoms with E-state index in [9.17, 15) is 4.79 Å². The van der Waals surface area contributed by atoms with Crippen LogP contribution >= 0.6 is 23.2 Å². The van der Waals surface area contributed by atoms with Crippen LogP contribution in [0.5, 0.6) is 11.5 Å². The van der Waals surface area contributed by atoms with Gasteiger partial charge in [0.25, 0.3) is 0 Å². The lowest BCUT2D eigenvalue weighted by molar-refractivity contribution is -0.121. The molecule has 0 spiro atoms. The molecule has 1 N–H and O–H groups in total. The molecule has 0 aliphatic carbocycles. The minimum Gasteiger partial charge on any atom is -0.492 e. The lowest BCUT2D eigenvalue weighted by atomic mass is 10.2. The second-order valence-corrected chi connectivity index (χ2v) is 6.64. The van der Waals surface area contributed by atoms with Crippen LogP contribution in [0.2, 0.25) is 10.0 Å². The maximum atomic E-state index is 12.0. The summed E-state index contributed by atoms with van der Waals surface area (Å²) in [5.41, 5.74) is 0.975. The van der Waals surface area contributed by atoms with Crippen molar-refractivity contribution < 1.29 is 19.0 Å². The second kappa shape index (κ2) is 11.7. The van der Waals surface area contributed by atoms with Gasteiger partial charge in [-0.05, 0) is 42.3 Å². The van der Waals surface area contributed by atoms with E-state index in [2.05, 4.69) is 5.32 Å². The number of nitrogens with one attached hydrogen (secondary N) is 1. The highest BCUT2D eigenvalue weighted by molar-refractivity contribution is 6.35. The standard InChI is InChI=1S/C20H23Cl2NO4/c1-25-10-11-26-17-5-2-4-15(12-17)14-23-20(24)6-3-9-27-19-8-7-16(21)13-18(19)22/h2,4-5,7-8,12-13H,3,6,9-11,14H2,1H3,(H,23,24). The van der Waals surface area contributed by atoms with Gasteiger partial charge >= 0.3 is 0 Å². The van der Waals surface area contributed by atoms with Crippen LogP contribution in [-0.4, -0.2) is 32.8 Å². The van der Waals surface area contributed by atoms with Gasteiger partial charge in [-0.3, -0.25) is 4.79 Å². The molecule has 2 aromatic rings. The van der Waals surface area contributed by atoms with Gasteiger partial charge in [0.2, 0.25) is 5.91 Å². The van der Waals surface area contributed by atoms with Gasteiger partial charge in [-0.15, -0.1) is 0 Å². The highest BCUT2D eigenvalue weighted by Gasteiger charge is 2.05. The zero-order valence-corrected chi connectivity index (χ0v) is 16.7. The minimum atomic E-state index is -0.0356. The van der Waals surface area contributed by atoms with Gasteiger partial charge in [0.1, 0.15) is 18.1 Å². The van der Waals surface area contributed by atoms with Crippen molar-refractivity contribution in [1.29, 1.82) is 0 Å². The van der Waals surface area contributed by atoms with Crippen molar-refractivity contribution in [2.24, 2.45) is 0 Å². The van der Waals surface area contributed by atoms with Gasteiger partial charge in [-0.1, -0.05) is 35.3 Å². The molecule has 0 aliphatic rings. The van der Waals surface area contributed by atoms with E-state index in [4.69, 9.17) is 37.4 Å². The molecule has 0 atom stereocenters. The van der Waals surface area contributed by atoms with E-state index < -0.39 is 0 Å². The Balaban J connectivity index is 1.66. The normalized spacial score (nSPS) is 10.5. The van der Waals surface area contributed by atoms with Gasteiger partial charge in [0.05, 0.1) is 18.2 Å². The Hall–Kier alpha value is -1.95. The van der Waals surface area contributed by atoms with Gasteiger partial charge in [-0.2, -0.15) is 0 Å². The van der Waals surface area contributed by atoms with E-state index in [1.807, 2.05) is 24.3 Å². The van der Waals surface area contributed by atoms with Crippen molar-refractivity contribution in [1.82, 2.24) is 5.32 Å². The van der Waals surface area contributed by atoms with Crippen molar-refractivity contribution in [2.75, 3.05) is 26.9 Å². The van der Waals surface area contributed by atoms with Crippen molar-refractivity contribution >= 4 is 29.1 Å². The van der Waals surface area contributed by atoms with Crippen LogP contribution in [0, 0.1) is 0 Å². The highest BCUT2D eigenvalue weighted by atomic mass is 35.5. The fourth-order valence-corrected chi connectivity index (χ4v) is 2.75. The summed E-state index contributed by atoms with van der Waals surface area (Å²) in [6.07, 6.45) is 0.959. The van der Waals surface area contributed by atoms with Crippen LogP contribution in [0.15, 0.2) is 42.5 Å². The average molecular weight is 412 g/mol. The van der Waals surface area contributed by atoms with Crippen LogP contribution in [-0.2, 0) is 16.1 Å². The van der Waals surface area contributed by atoms with E-state index in [0.29, 0.717) is 55.0 Å². The van der Waals surface area contributed by atoms with Gasteiger partial charge < -0.3 is 19.5 Å². The zero-order chi connectivity index (χ0) is 19.5. The molecule has 0 fully saturated rings. The first kappa shape index (κ1) is 21.4. The third-order valence-electron chi connectivity index (χ3n) is 3.64. The first-order valence-electron chi connectivity index (χ1n) is 8.63. The number of rotatable bonds is 11. The van der Waals surface area contributed by atoms with Gasteiger partial charge in [0, 0.05) is 25.1 Å². The summed E-state index contributed by atoms with van der Waals surface area (Å²) in [5.74, 6) is 1.28. The quantitative estimate of drug-likeness (QED) is 0.553. The van der Waals surface area contributed by atoms with Crippen molar-refractivity contribution in [3.05, 3.63) is 58.1 Å². The number of hydrogen-bond donors (Lipinski definition) is 1. The molecular weight excluding hydrogens is 389 g/mol. The van der Waals surface area contributed by atoms with E-state index in [1.54, 1.807) is 25.3 Å². The largest absolute Gasteiger partial charge is 0.492 e. The predicted octanol–water partition coefficient (Wildman–Crippen LogP) is 4.49. The second-order valence-electron chi connectivity index (χ2n) is 5.79. The number of hydrogen-bond acceptors (Lipinski definition) is 4. The minimum absolute atomic E-state index is 0.0356. The summed E-state index contributed by atoms with van der Waals surface area (Å²) in [4.78, 5) is 12.0. The Bertz CT molecular complexity index is 740. The molecule has 0 unspecified atom stereocenters. The van der Waals surface area contributed by atoms with Crippen LogP contribution < -0.4 is 14.8 Å². The first-order valence-corrected chi connectivity index (χ1v) is 9.39. The Labute approximate surface area is 169 Å². The maximum absolute atomic E-state index is 12.0. The predicted molar refractivity (Wildman–Crippen MR) is 107 cm³/mol. The molecule has 0 saturated carbocycles. The van der Waals surface area contributed by atoms with Crippen LogP contribution in [0.25, 0.3) is 0 Å². The van der Waals surface area contributed by atoms with Gasteiger partial charge in [0.15, 0.2) is 0 Å². The zero-order valence-electron chi connectivity index (χ0n) is 15.2. The van der Waals surface area contributed by atoms with Crippen LogP contribution in [0.3, 0.4) is 0 Å². The topological polar surface area (TPSA) is 56.8 Å². The van der Waals surface area contributed by atoms with Crippen molar-refractivity contribution in [3.63, 3.8) is 0 Å². The molecule has 0 aliphatic heterocycles. The summed E-state index contributed by atoms with van der Waals surface area (Å²) in [7, 11) is 1.63. The number of amides is 1. The molecule has 5 nitrogen and oxygen atoms in total. The molecule has 1 amide bonds. The molecule has 0 radical (unpaired) electrons. The van der Waals surface area contributed by atoms with Crippen LogP contribution in [0.1, 0.15) is 18.4 Å². The monoisotopic (exact) mass is 411 g/mol. The van der Waals surface area contributed by atoms with Crippen LogP contribution in [0.4, 0.5) is 0 Å². The molecule has 2 rings (SSSR count). The number of ether oxygens (including phenoxy) is 3. The fourth-order valence-electron chi connectivity index (χ4n) is 2.28. The maximum Gasteiger partial charge on any atom is 0.220 e. The Morgan fingerprint density at radius 2 is 1.89 bits per heavy atom. The smallest absolute Gasteiger partial charge is 0.220 e. The SMILES string of the molecule is COCCOc1cccc(CNC(=O)CCCOc2ccc(Cl)cc2Cl)c1. The first-order chi connectivity index (χ1) is 13.1. The number of benzene rings is 2. The average Bonchev–Trinajstić information content (AvgIpc) is 2.65. The molecular formula is C20H23Cl2NO4. The van der Waals surface area contributed by atoms with Gasteiger partial charge in [-0.25, -0.2) is 0 Å². The molecule has 0 saturated heterocycles. The molecule has 0 bridgehead atoms. The number of carbonyl (C=O) groups is 1. The Morgan fingerprint density at radius 1 is 1.04 bits per heavy atom. The lowest BCUT2D eigenvalue weighted by Crippen LogP contribution is -2.23. The van der Waals surface area contributed by atoms with E-state index in [-0.39, 0.29) is 5.91 Å². The van der Waals surface area contributed by atoms with E-state index >= 15 is 0 Å². The summed E-state index contributed by atoms with van der Waals surface area (Å²) in [6, 6.07) is 12.7. The van der Waals surface area contributed by atoms with Crippen molar-refractivity contribution in [3.8, 4) is 11.5 Å². The summed E-state index contributed by atoms with van der Waals surface area (Å²) < 4.78 is 16.1. The number of halogens is 2. The highest BCUT2D eigenvalue weighted by Crippen LogP contribution is 2.27. The molecule has 0 aromatic heterocycles. The molecule has 27 heavy (non-hydrogen) atoms. The van der Waals surface area contributed by atoms with Crippen molar-refractivity contribution in [2.45, 2.75) is 19.4 Å². The molecule has 146 valence electrons. The number of methoxy groups -OCH3 is 1. The number of carbonyl (C=O) groups excluding carboxylic acids is 1. The Kier molecular flexibility index (Phi) is 9.25. The van der Waals surface area contributed by atoms with E-state index in [1.165, 1.54) is 0 Å². The Morgan fingerprint density at radius 3 is 2.67 bits per heavy atom. The molecule has 7 heteroatoms. The summed E-state index contributed by atoms with van der Waals surface area (Å²) in [5, 5.41) is 3.91. The summed E-state index contributed by atoms with van der Waals surface area (Å²) >= 11 is 11.9. The lowest BCUT2D eigenvalue weighted by Gasteiger charge is -2.10. The van der Waals surface area contributed by atoms with E-state index in [0.717, 1.165) is 11.3 Å². The summed E-state index contributed by atoms with van der Waals surface area (Å²) in [6.45, 7) is 1.87.